The summed E-state index contributed by atoms with van der Waals surface area (Å²) in [5.74, 6) is -0.647. The molecule has 0 atom stereocenters. The fourth-order valence-corrected chi connectivity index (χ4v) is 4.40. The van der Waals surface area contributed by atoms with E-state index in [4.69, 9.17) is 11.6 Å². The zero-order chi connectivity index (χ0) is 15.6. The van der Waals surface area contributed by atoms with Gasteiger partial charge in [-0.2, -0.15) is 4.31 Å². The second-order valence-electron chi connectivity index (χ2n) is 4.42. The van der Waals surface area contributed by atoms with E-state index in [9.17, 15) is 12.8 Å². The summed E-state index contributed by atoms with van der Waals surface area (Å²) in [4.78, 5) is -0.350. The Kier molecular flexibility index (Phi) is 5.43. The Morgan fingerprint density at radius 2 is 2.05 bits per heavy atom. The van der Waals surface area contributed by atoms with Crippen LogP contribution >= 0.6 is 38.9 Å². The van der Waals surface area contributed by atoms with Crippen molar-refractivity contribution < 1.29 is 12.8 Å². The highest BCUT2D eigenvalue weighted by atomic mass is 79.9. The van der Waals surface area contributed by atoms with E-state index < -0.39 is 15.8 Å². The predicted molar refractivity (Wildman–Crippen MR) is 86.6 cm³/mol. The van der Waals surface area contributed by atoms with Crippen LogP contribution in [0.4, 0.5) is 4.39 Å². The first-order valence-corrected chi connectivity index (χ1v) is 9.53. The molecule has 0 spiro atoms. The molecular formula is C13H12BrClFNO2S2. The Morgan fingerprint density at radius 1 is 1.33 bits per heavy atom. The van der Waals surface area contributed by atoms with Gasteiger partial charge in [0, 0.05) is 19.5 Å². The minimum absolute atomic E-state index is 0.129. The van der Waals surface area contributed by atoms with Crippen LogP contribution in [0.3, 0.4) is 0 Å². The van der Waals surface area contributed by atoms with Gasteiger partial charge in [0.15, 0.2) is 0 Å². The lowest BCUT2D eigenvalue weighted by Crippen LogP contribution is -2.27. The van der Waals surface area contributed by atoms with Gasteiger partial charge in [-0.05, 0) is 50.6 Å². The molecular weight excluding hydrogens is 401 g/mol. The highest BCUT2D eigenvalue weighted by Crippen LogP contribution is 2.25. The maximum Gasteiger partial charge on any atom is 0.246 e. The average Bonchev–Trinajstić information content (AvgIpc) is 2.84. The van der Waals surface area contributed by atoms with Crippen LogP contribution in [0, 0.1) is 5.82 Å². The fraction of sp³-hybridized carbons (Fsp3) is 0.231. The van der Waals surface area contributed by atoms with Crippen molar-refractivity contribution >= 4 is 48.9 Å². The summed E-state index contributed by atoms with van der Waals surface area (Å²) in [5.41, 5.74) is 1.40. The second-order valence-corrected chi connectivity index (χ2v) is 8.99. The van der Waals surface area contributed by atoms with Crippen molar-refractivity contribution in [1.29, 1.82) is 0 Å². The Morgan fingerprint density at radius 3 is 2.62 bits per heavy atom. The Bertz CT molecular complexity index is 748. The SMILES string of the molecule is CN(Cc1csc(Br)c1)S(=O)(=O)c1cc(CCl)ccc1F. The van der Waals surface area contributed by atoms with E-state index in [1.165, 1.54) is 30.5 Å². The third kappa shape index (κ3) is 3.84. The molecule has 8 heteroatoms. The maximum absolute atomic E-state index is 13.9. The molecule has 0 amide bonds. The molecule has 0 saturated carbocycles. The Labute approximate surface area is 140 Å². The minimum Gasteiger partial charge on any atom is -0.207 e. The molecule has 0 fully saturated rings. The van der Waals surface area contributed by atoms with E-state index in [1.54, 1.807) is 0 Å². The molecule has 0 aliphatic carbocycles. The smallest absolute Gasteiger partial charge is 0.207 e. The molecule has 0 saturated heterocycles. The first-order chi connectivity index (χ1) is 9.84. The molecule has 0 aliphatic rings. The molecule has 1 aromatic carbocycles. The fourth-order valence-electron chi connectivity index (χ4n) is 1.77. The van der Waals surface area contributed by atoms with Crippen molar-refractivity contribution in [3.8, 4) is 0 Å². The molecule has 1 heterocycles. The molecule has 21 heavy (non-hydrogen) atoms. The molecule has 0 aliphatic heterocycles. The molecule has 0 bridgehead atoms. The van der Waals surface area contributed by atoms with Crippen LogP contribution in [-0.2, 0) is 22.4 Å². The summed E-state index contributed by atoms with van der Waals surface area (Å²) >= 11 is 10.5. The van der Waals surface area contributed by atoms with Crippen LogP contribution < -0.4 is 0 Å². The number of thiophene rings is 1. The van der Waals surface area contributed by atoms with Gasteiger partial charge in [0.05, 0.1) is 3.79 Å². The van der Waals surface area contributed by atoms with E-state index in [1.807, 2.05) is 11.4 Å². The number of nitrogens with zero attached hydrogens (tertiary/aromatic N) is 1. The van der Waals surface area contributed by atoms with Crippen molar-refractivity contribution in [3.63, 3.8) is 0 Å². The first-order valence-electron chi connectivity index (χ1n) is 5.88. The monoisotopic (exact) mass is 411 g/mol. The first kappa shape index (κ1) is 16.9. The van der Waals surface area contributed by atoms with Gasteiger partial charge in [-0.1, -0.05) is 6.07 Å². The number of rotatable bonds is 5. The zero-order valence-electron chi connectivity index (χ0n) is 11.0. The van der Waals surface area contributed by atoms with E-state index >= 15 is 0 Å². The summed E-state index contributed by atoms with van der Waals surface area (Å²) in [6, 6.07) is 5.71. The van der Waals surface area contributed by atoms with Crippen molar-refractivity contribution in [2.45, 2.75) is 17.3 Å². The quantitative estimate of drug-likeness (QED) is 0.690. The van der Waals surface area contributed by atoms with E-state index in [0.717, 1.165) is 19.7 Å². The molecule has 114 valence electrons. The van der Waals surface area contributed by atoms with Gasteiger partial charge in [0.1, 0.15) is 10.7 Å². The predicted octanol–water partition coefficient (Wildman–Crippen LogP) is 4.21. The highest BCUT2D eigenvalue weighted by molar-refractivity contribution is 9.11. The highest BCUT2D eigenvalue weighted by Gasteiger charge is 2.25. The summed E-state index contributed by atoms with van der Waals surface area (Å²) in [7, 11) is -2.48. The largest absolute Gasteiger partial charge is 0.246 e. The number of benzene rings is 1. The van der Waals surface area contributed by atoms with Gasteiger partial charge in [-0.15, -0.1) is 22.9 Å². The number of hydrogen-bond donors (Lipinski definition) is 0. The van der Waals surface area contributed by atoms with Crippen molar-refractivity contribution in [2.24, 2.45) is 0 Å². The van der Waals surface area contributed by atoms with Crippen LogP contribution in [0.5, 0.6) is 0 Å². The molecule has 1 aromatic heterocycles. The third-order valence-corrected chi connectivity index (χ3v) is 6.55. The standard InChI is InChI=1S/C13H12BrClFNO2S2/c1-17(7-10-5-13(14)20-8-10)21(18,19)12-4-9(6-15)2-3-11(12)16/h2-5,8H,6-7H2,1H3. The topological polar surface area (TPSA) is 37.4 Å². The Hall–Kier alpha value is -0.470. The molecule has 0 unspecified atom stereocenters. The molecule has 3 nitrogen and oxygen atoms in total. The maximum atomic E-state index is 13.9. The van der Waals surface area contributed by atoms with Crippen molar-refractivity contribution in [1.82, 2.24) is 4.31 Å². The number of halogens is 3. The van der Waals surface area contributed by atoms with Crippen LogP contribution in [-0.4, -0.2) is 19.8 Å². The van der Waals surface area contributed by atoms with Gasteiger partial charge >= 0.3 is 0 Å². The van der Waals surface area contributed by atoms with Gasteiger partial charge < -0.3 is 0 Å². The van der Waals surface area contributed by atoms with Crippen LogP contribution in [0.15, 0.2) is 38.3 Å². The summed E-state index contributed by atoms with van der Waals surface area (Å²) in [6.07, 6.45) is 0. The van der Waals surface area contributed by atoms with Gasteiger partial charge in [-0.25, -0.2) is 12.8 Å². The van der Waals surface area contributed by atoms with Gasteiger partial charge in [-0.3, -0.25) is 0 Å². The number of alkyl halides is 1. The van der Waals surface area contributed by atoms with E-state index in [0.29, 0.717) is 5.56 Å². The van der Waals surface area contributed by atoms with Crippen LogP contribution in [0.2, 0.25) is 0 Å². The van der Waals surface area contributed by atoms with E-state index in [2.05, 4.69) is 15.9 Å². The number of hydrogen-bond acceptors (Lipinski definition) is 3. The molecule has 0 N–H and O–H groups in total. The summed E-state index contributed by atoms with van der Waals surface area (Å²) in [6.45, 7) is 0.176. The van der Waals surface area contributed by atoms with Gasteiger partial charge in [0.2, 0.25) is 10.0 Å². The normalized spacial score (nSPS) is 12.0. The second kappa shape index (κ2) is 6.75. The van der Waals surface area contributed by atoms with E-state index in [-0.39, 0.29) is 17.3 Å². The van der Waals surface area contributed by atoms with Crippen molar-refractivity contribution in [2.75, 3.05) is 7.05 Å². The van der Waals surface area contributed by atoms with Crippen LogP contribution in [0.1, 0.15) is 11.1 Å². The lowest BCUT2D eigenvalue weighted by Gasteiger charge is -2.17. The lowest BCUT2D eigenvalue weighted by molar-refractivity contribution is 0.460. The lowest BCUT2D eigenvalue weighted by atomic mass is 10.2. The van der Waals surface area contributed by atoms with Gasteiger partial charge in [0.25, 0.3) is 0 Å². The van der Waals surface area contributed by atoms with Crippen LogP contribution in [0.25, 0.3) is 0 Å². The Balaban J connectivity index is 2.32. The molecule has 2 rings (SSSR count). The minimum atomic E-state index is -3.90. The average molecular weight is 413 g/mol. The molecule has 0 radical (unpaired) electrons. The summed E-state index contributed by atoms with van der Waals surface area (Å²) in [5, 5.41) is 1.85. The zero-order valence-corrected chi connectivity index (χ0v) is 15.0. The third-order valence-electron chi connectivity index (χ3n) is 2.87. The molecule has 2 aromatic rings. The summed E-state index contributed by atoms with van der Waals surface area (Å²) < 4.78 is 40.8. The number of sulfonamides is 1. The van der Waals surface area contributed by atoms with Crippen molar-refractivity contribution in [3.05, 3.63) is 50.4 Å².